The standard InChI is InChI=1S/C33H34FN3O5S/c1-3-35-33(39)31(21-25-11-6-4-7-12-25)36(23-26-17-19-27(34)20-18-26)32(38)24-37(28-13-10-14-29(22-28)42-2)43(40,41)30-15-8-5-9-16-30/h4-20,22,31H,3,21,23-24H2,1-2H3,(H,35,39)/t31-/m1/s1. The van der Waals surface area contributed by atoms with Crippen LogP contribution in [0.1, 0.15) is 18.1 Å². The number of methoxy groups -OCH3 is 1. The number of carbonyl (C=O) groups is 2. The zero-order chi connectivity index (χ0) is 30.8. The van der Waals surface area contributed by atoms with Gasteiger partial charge in [0, 0.05) is 25.6 Å². The summed E-state index contributed by atoms with van der Waals surface area (Å²) in [6.07, 6.45) is 0.185. The molecule has 0 saturated heterocycles. The molecule has 0 aliphatic rings. The molecule has 0 fully saturated rings. The number of benzene rings is 4. The highest BCUT2D eigenvalue weighted by atomic mass is 32.2. The van der Waals surface area contributed by atoms with Crippen molar-refractivity contribution in [1.82, 2.24) is 10.2 Å². The van der Waals surface area contributed by atoms with Crippen LogP contribution < -0.4 is 14.4 Å². The fourth-order valence-corrected chi connectivity index (χ4v) is 6.07. The van der Waals surface area contributed by atoms with E-state index in [4.69, 9.17) is 4.74 Å². The maximum absolute atomic E-state index is 14.3. The van der Waals surface area contributed by atoms with E-state index in [0.717, 1.165) is 9.87 Å². The van der Waals surface area contributed by atoms with E-state index in [9.17, 15) is 22.4 Å². The SMILES string of the molecule is CCNC(=O)[C@@H](Cc1ccccc1)N(Cc1ccc(F)cc1)C(=O)CN(c1cccc(OC)c1)S(=O)(=O)c1ccccc1. The first-order valence-corrected chi connectivity index (χ1v) is 15.2. The molecule has 0 saturated carbocycles. The summed E-state index contributed by atoms with van der Waals surface area (Å²) in [5, 5.41) is 2.81. The van der Waals surface area contributed by atoms with Gasteiger partial charge in [0.2, 0.25) is 11.8 Å². The lowest BCUT2D eigenvalue weighted by molar-refractivity contribution is -0.140. The molecule has 0 aliphatic heterocycles. The van der Waals surface area contributed by atoms with Crippen molar-refractivity contribution in [1.29, 1.82) is 0 Å². The number of rotatable bonds is 13. The van der Waals surface area contributed by atoms with Gasteiger partial charge in [-0.15, -0.1) is 0 Å². The first-order chi connectivity index (χ1) is 20.7. The highest BCUT2D eigenvalue weighted by molar-refractivity contribution is 7.92. The zero-order valence-electron chi connectivity index (χ0n) is 24.0. The molecule has 0 aromatic heterocycles. The largest absolute Gasteiger partial charge is 0.497 e. The number of likely N-dealkylation sites (N-methyl/N-ethyl adjacent to an activating group) is 1. The minimum absolute atomic E-state index is 0.000246. The number of halogens is 1. The van der Waals surface area contributed by atoms with Gasteiger partial charge < -0.3 is 15.0 Å². The average Bonchev–Trinajstić information content (AvgIpc) is 3.03. The second kappa shape index (κ2) is 14.5. The van der Waals surface area contributed by atoms with Crippen molar-refractivity contribution in [2.24, 2.45) is 0 Å². The maximum atomic E-state index is 14.3. The summed E-state index contributed by atoms with van der Waals surface area (Å²) in [6.45, 7) is 1.46. The molecule has 0 spiro atoms. The van der Waals surface area contributed by atoms with Gasteiger partial charge in [-0.1, -0.05) is 66.7 Å². The quantitative estimate of drug-likeness (QED) is 0.237. The van der Waals surface area contributed by atoms with Gasteiger partial charge in [-0.25, -0.2) is 12.8 Å². The molecule has 4 rings (SSSR count). The van der Waals surface area contributed by atoms with Crippen LogP contribution in [0.2, 0.25) is 0 Å². The third kappa shape index (κ3) is 7.98. The van der Waals surface area contributed by atoms with E-state index in [2.05, 4.69) is 5.32 Å². The van der Waals surface area contributed by atoms with E-state index in [-0.39, 0.29) is 29.5 Å². The number of amides is 2. The molecule has 2 amide bonds. The van der Waals surface area contributed by atoms with Crippen molar-refractivity contribution >= 4 is 27.5 Å². The fraction of sp³-hybridized carbons (Fsp3) is 0.212. The van der Waals surface area contributed by atoms with Gasteiger partial charge in [-0.05, 0) is 54.4 Å². The molecule has 0 radical (unpaired) electrons. The smallest absolute Gasteiger partial charge is 0.264 e. The number of hydrogen-bond acceptors (Lipinski definition) is 5. The highest BCUT2D eigenvalue weighted by Crippen LogP contribution is 2.28. The Hall–Kier alpha value is -4.70. The number of sulfonamides is 1. The van der Waals surface area contributed by atoms with Gasteiger partial charge in [0.25, 0.3) is 10.0 Å². The highest BCUT2D eigenvalue weighted by Gasteiger charge is 2.34. The Morgan fingerprint density at radius 3 is 2.14 bits per heavy atom. The summed E-state index contributed by atoms with van der Waals surface area (Å²) in [5.41, 5.74) is 1.61. The Labute approximate surface area is 251 Å². The van der Waals surface area contributed by atoms with Crippen molar-refractivity contribution in [3.63, 3.8) is 0 Å². The minimum atomic E-state index is -4.22. The Morgan fingerprint density at radius 2 is 1.51 bits per heavy atom. The predicted molar refractivity (Wildman–Crippen MR) is 164 cm³/mol. The first-order valence-electron chi connectivity index (χ1n) is 13.8. The predicted octanol–water partition coefficient (Wildman–Crippen LogP) is 4.81. The summed E-state index contributed by atoms with van der Waals surface area (Å²) in [6, 6.07) is 28.1. The molecule has 43 heavy (non-hydrogen) atoms. The Morgan fingerprint density at radius 1 is 0.860 bits per heavy atom. The number of anilines is 1. The Balaban J connectivity index is 1.79. The zero-order valence-corrected chi connectivity index (χ0v) is 24.8. The van der Waals surface area contributed by atoms with Gasteiger partial charge in [-0.3, -0.25) is 13.9 Å². The fourth-order valence-electron chi connectivity index (χ4n) is 4.65. The van der Waals surface area contributed by atoms with E-state index < -0.39 is 34.3 Å². The van der Waals surface area contributed by atoms with Crippen LogP contribution in [-0.4, -0.2) is 51.4 Å². The van der Waals surface area contributed by atoms with Crippen LogP contribution in [0.4, 0.5) is 10.1 Å². The number of ether oxygens (including phenoxy) is 1. The van der Waals surface area contributed by atoms with E-state index in [1.807, 2.05) is 30.3 Å². The molecule has 8 nitrogen and oxygen atoms in total. The van der Waals surface area contributed by atoms with Crippen LogP contribution in [0, 0.1) is 5.82 Å². The number of nitrogens with zero attached hydrogens (tertiary/aromatic N) is 2. The van der Waals surface area contributed by atoms with E-state index in [0.29, 0.717) is 17.9 Å². The van der Waals surface area contributed by atoms with Crippen molar-refractivity contribution in [2.75, 3.05) is 24.5 Å². The van der Waals surface area contributed by atoms with Gasteiger partial charge >= 0.3 is 0 Å². The van der Waals surface area contributed by atoms with Crippen LogP contribution in [0.3, 0.4) is 0 Å². The number of carbonyl (C=O) groups excluding carboxylic acids is 2. The van der Waals surface area contributed by atoms with Gasteiger partial charge in [0.05, 0.1) is 17.7 Å². The number of hydrogen-bond donors (Lipinski definition) is 1. The third-order valence-electron chi connectivity index (χ3n) is 6.84. The van der Waals surface area contributed by atoms with E-state index in [1.54, 1.807) is 43.3 Å². The molecule has 1 atom stereocenters. The van der Waals surface area contributed by atoms with Crippen molar-refractivity contribution in [3.8, 4) is 5.75 Å². The minimum Gasteiger partial charge on any atom is -0.497 e. The molecule has 10 heteroatoms. The Kier molecular flexibility index (Phi) is 10.5. The second-order valence-electron chi connectivity index (χ2n) is 9.77. The van der Waals surface area contributed by atoms with Crippen molar-refractivity contribution in [3.05, 3.63) is 126 Å². The molecule has 4 aromatic rings. The maximum Gasteiger partial charge on any atom is 0.264 e. The monoisotopic (exact) mass is 603 g/mol. The van der Waals surface area contributed by atoms with Crippen LogP contribution in [0.15, 0.2) is 114 Å². The summed E-state index contributed by atoms with van der Waals surface area (Å²) < 4.78 is 48.0. The lowest BCUT2D eigenvalue weighted by Gasteiger charge is -2.34. The van der Waals surface area contributed by atoms with E-state index in [1.165, 1.54) is 54.5 Å². The van der Waals surface area contributed by atoms with Gasteiger partial charge in [-0.2, -0.15) is 0 Å². The topological polar surface area (TPSA) is 96.0 Å². The summed E-state index contributed by atoms with van der Waals surface area (Å²) in [5.74, 6) is -1.03. The molecule has 0 bridgehead atoms. The molecule has 0 aliphatic carbocycles. The molecular weight excluding hydrogens is 569 g/mol. The first kappa shape index (κ1) is 31.2. The normalized spacial score (nSPS) is 11.8. The second-order valence-corrected chi connectivity index (χ2v) is 11.6. The van der Waals surface area contributed by atoms with Gasteiger partial charge in [0.15, 0.2) is 0 Å². The third-order valence-corrected chi connectivity index (χ3v) is 8.63. The van der Waals surface area contributed by atoms with Crippen LogP contribution >= 0.6 is 0 Å². The number of nitrogens with one attached hydrogen (secondary N) is 1. The van der Waals surface area contributed by atoms with Crippen molar-refractivity contribution in [2.45, 2.75) is 30.8 Å². The summed E-state index contributed by atoms with van der Waals surface area (Å²) in [4.78, 5) is 29.1. The molecule has 1 N–H and O–H groups in total. The van der Waals surface area contributed by atoms with Crippen LogP contribution in [0.5, 0.6) is 5.75 Å². The summed E-state index contributed by atoms with van der Waals surface area (Å²) in [7, 11) is -2.76. The van der Waals surface area contributed by atoms with E-state index >= 15 is 0 Å². The molecule has 0 heterocycles. The van der Waals surface area contributed by atoms with Crippen LogP contribution in [-0.2, 0) is 32.6 Å². The van der Waals surface area contributed by atoms with Gasteiger partial charge in [0.1, 0.15) is 24.2 Å². The molecule has 0 unspecified atom stereocenters. The lowest BCUT2D eigenvalue weighted by Crippen LogP contribution is -2.53. The average molecular weight is 604 g/mol. The lowest BCUT2D eigenvalue weighted by atomic mass is 10.0. The molecule has 224 valence electrons. The van der Waals surface area contributed by atoms with Crippen molar-refractivity contribution < 1.29 is 27.1 Å². The molecular formula is C33H34FN3O5S. The molecule has 4 aromatic carbocycles. The summed E-state index contributed by atoms with van der Waals surface area (Å²) >= 11 is 0. The van der Waals surface area contributed by atoms with Crippen LogP contribution in [0.25, 0.3) is 0 Å². The Bertz CT molecular complexity index is 1620.